The van der Waals surface area contributed by atoms with Gasteiger partial charge in [0.1, 0.15) is 0 Å². The molecule has 1 aliphatic heterocycles. The molecular formula is C14H15FN4O2. The second-order valence-electron chi connectivity index (χ2n) is 4.62. The third-order valence-electron chi connectivity index (χ3n) is 3.26. The summed E-state index contributed by atoms with van der Waals surface area (Å²) in [6.07, 6.45) is 4.02. The van der Waals surface area contributed by atoms with Crippen molar-refractivity contribution in [2.24, 2.45) is 0 Å². The van der Waals surface area contributed by atoms with Gasteiger partial charge in [-0.25, -0.2) is 19.3 Å². The highest BCUT2D eigenvalue weighted by Crippen LogP contribution is 2.18. The van der Waals surface area contributed by atoms with E-state index in [1.54, 1.807) is 12.3 Å². The molecule has 3 rings (SSSR count). The van der Waals surface area contributed by atoms with E-state index in [0.29, 0.717) is 24.7 Å². The molecule has 0 unspecified atom stereocenters. The van der Waals surface area contributed by atoms with Gasteiger partial charge in [0.05, 0.1) is 26.0 Å². The maximum absolute atomic E-state index is 14.0. The normalized spacial score (nSPS) is 13.6. The van der Waals surface area contributed by atoms with Crippen LogP contribution in [0.3, 0.4) is 0 Å². The van der Waals surface area contributed by atoms with Gasteiger partial charge in [-0.2, -0.15) is 0 Å². The van der Waals surface area contributed by atoms with Crippen LogP contribution in [0.4, 0.5) is 10.3 Å². The Balaban J connectivity index is 1.73. The predicted molar refractivity (Wildman–Crippen MR) is 73.5 cm³/mol. The largest absolute Gasteiger partial charge is 0.479 e. The molecule has 0 aromatic carbocycles. The highest BCUT2D eigenvalue weighted by Gasteiger charge is 2.13. The van der Waals surface area contributed by atoms with Gasteiger partial charge in [0.15, 0.2) is 5.82 Å². The zero-order valence-corrected chi connectivity index (χ0v) is 11.6. The van der Waals surface area contributed by atoms with Gasteiger partial charge in [-0.05, 0) is 6.07 Å². The van der Waals surface area contributed by atoms with Crippen LogP contribution in [0.15, 0.2) is 18.5 Å². The highest BCUT2D eigenvalue weighted by atomic mass is 19.1. The van der Waals surface area contributed by atoms with E-state index < -0.39 is 5.82 Å². The molecule has 0 saturated heterocycles. The molecule has 0 amide bonds. The number of hydrogen-bond acceptors (Lipinski definition) is 6. The van der Waals surface area contributed by atoms with Crippen molar-refractivity contribution >= 4 is 5.95 Å². The van der Waals surface area contributed by atoms with Crippen molar-refractivity contribution in [2.45, 2.75) is 19.6 Å². The molecule has 0 aliphatic carbocycles. The Morgan fingerprint density at radius 1 is 1.43 bits per heavy atom. The quantitative estimate of drug-likeness (QED) is 0.924. The Hall–Kier alpha value is -2.28. The molecule has 0 radical (unpaired) electrons. The smallest absolute Gasteiger partial charge is 0.250 e. The molecule has 3 heterocycles. The van der Waals surface area contributed by atoms with Gasteiger partial charge in [-0.1, -0.05) is 0 Å². The SMILES string of the molecule is COc1nccc(CNc2ncc3c(n2)CCOC3)c1F. The van der Waals surface area contributed by atoms with E-state index in [1.807, 2.05) is 0 Å². The minimum atomic E-state index is -0.473. The second kappa shape index (κ2) is 6.01. The summed E-state index contributed by atoms with van der Waals surface area (Å²) < 4.78 is 24.2. The molecule has 0 atom stereocenters. The molecule has 7 heteroatoms. The van der Waals surface area contributed by atoms with E-state index in [4.69, 9.17) is 9.47 Å². The van der Waals surface area contributed by atoms with Gasteiger partial charge < -0.3 is 14.8 Å². The van der Waals surface area contributed by atoms with Crippen LogP contribution in [0.5, 0.6) is 5.88 Å². The number of methoxy groups -OCH3 is 1. The van der Waals surface area contributed by atoms with Crippen molar-refractivity contribution < 1.29 is 13.9 Å². The van der Waals surface area contributed by atoms with E-state index in [2.05, 4.69) is 20.3 Å². The van der Waals surface area contributed by atoms with Crippen molar-refractivity contribution in [1.82, 2.24) is 15.0 Å². The average Bonchev–Trinajstić information content (AvgIpc) is 2.54. The fourth-order valence-corrected chi connectivity index (χ4v) is 2.13. The Morgan fingerprint density at radius 2 is 2.33 bits per heavy atom. The van der Waals surface area contributed by atoms with Crippen LogP contribution >= 0.6 is 0 Å². The van der Waals surface area contributed by atoms with Crippen molar-refractivity contribution in [2.75, 3.05) is 19.0 Å². The van der Waals surface area contributed by atoms with Gasteiger partial charge in [0.25, 0.3) is 0 Å². The minimum absolute atomic E-state index is 0.0159. The van der Waals surface area contributed by atoms with Crippen LogP contribution in [0.25, 0.3) is 0 Å². The first-order valence-corrected chi connectivity index (χ1v) is 6.61. The van der Waals surface area contributed by atoms with Crippen molar-refractivity contribution in [1.29, 1.82) is 0 Å². The Morgan fingerprint density at radius 3 is 3.19 bits per heavy atom. The number of ether oxygens (including phenoxy) is 2. The number of nitrogens with one attached hydrogen (secondary N) is 1. The minimum Gasteiger partial charge on any atom is -0.479 e. The summed E-state index contributed by atoms with van der Waals surface area (Å²) in [5.74, 6) is -0.0116. The number of rotatable bonds is 4. The lowest BCUT2D eigenvalue weighted by molar-refractivity contribution is 0.109. The Kier molecular flexibility index (Phi) is 3.92. The summed E-state index contributed by atoms with van der Waals surface area (Å²) in [7, 11) is 1.39. The number of pyridine rings is 1. The third-order valence-corrected chi connectivity index (χ3v) is 3.26. The zero-order chi connectivity index (χ0) is 14.7. The predicted octanol–water partition coefficient (Wildman–Crippen LogP) is 1.70. The lowest BCUT2D eigenvalue weighted by atomic mass is 10.1. The fourth-order valence-electron chi connectivity index (χ4n) is 2.13. The van der Waals surface area contributed by atoms with Crippen LogP contribution in [0.2, 0.25) is 0 Å². The van der Waals surface area contributed by atoms with Crippen LogP contribution in [-0.2, 0) is 24.3 Å². The molecular weight excluding hydrogens is 275 g/mol. The number of hydrogen-bond donors (Lipinski definition) is 1. The van der Waals surface area contributed by atoms with E-state index >= 15 is 0 Å². The molecule has 2 aromatic rings. The van der Waals surface area contributed by atoms with E-state index in [0.717, 1.165) is 17.7 Å². The lowest BCUT2D eigenvalue weighted by Crippen LogP contribution is -2.14. The van der Waals surface area contributed by atoms with Crippen molar-refractivity contribution in [3.63, 3.8) is 0 Å². The first-order valence-electron chi connectivity index (χ1n) is 6.61. The molecule has 0 fully saturated rings. The molecule has 110 valence electrons. The topological polar surface area (TPSA) is 69.2 Å². The molecule has 6 nitrogen and oxygen atoms in total. The third kappa shape index (κ3) is 2.92. The van der Waals surface area contributed by atoms with Crippen LogP contribution in [-0.4, -0.2) is 28.7 Å². The first-order chi connectivity index (χ1) is 10.3. The summed E-state index contributed by atoms with van der Waals surface area (Å²) in [5, 5.41) is 3.02. The molecule has 0 bridgehead atoms. The fraction of sp³-hybridized carbons (Fsp3) is 0.357. The molecule has 2 aromatic heterocycles. The van der Waals surface area contributed by atoms with Crippen LogP contribution < -0.4 is 10.1 Å². The van der Waals surface area contributed by atoms with E-state index in [-0.39, 0.29) is 12.4 Å². The number of nitrogens with zero attached hydrogens (tertiary/aromatic N) is 3. The zero-order valence-electron chi connectivity index (χ0n) is 11.6. The molecule has 0 spiro atoms. The van der Waals surface area contributed by atoms with Crippen molar-refractivity contribution in [3.8, 4) is 5.88 Å². The molecule has 1 aliphatic rings. The maximum atomic E-state index is 14.0. The standard InChI is InChI=1S/C14H15FN4O2/c1-20-13-12(15)9(2-4-16-13)6-17-14-18-7-10-8-21-5-3-11(10)19-14/h2,4,7H,3,5-6,8H2,1H3,(H,17,18,19). The number of aromatic nitrogens is 3. The first kappa shape index (κ1) is 13.7. The maximum Gasteiger partial charge on any atom is 0.250 e. The summed E-state index contributed by atoms with van der Waals surface area (Å²) >= 11 is 0. The van der Waals surface area contributed by atoms with Gasteiger partial charge in [0, 0.05) is 36.5 Å². The number of fused-ring (bicyclic) bond motifs is 1. The second-order valence-corrected chi connectivity index (χ2v) is 4.62. The summed E-state index contributed by atoms with van der Waals surface area (Å²) in [5.41, 5.74) is 2.43. The molecule has 1 N–H and O–H groups in total. The Labute approximate surface area is 121 Å². The summed E-state index contributed by atoms with van der Waals surface area (Å²) in [6.45, 7) is 1.48. The molecule has 21 heavy (non-hydrogen) atoms. The number of anilines is 1. The van der Waals surface area contributed by atoms with Crippen molar-refractivity contribution in [3.05, 3.63) is 41.1 Å². The molecule has 0 saturated carbocycles. The van der Waals surface area contributed by atoms with Gasteiger partial charge >= 0.3 is 0 Å². The summed E-state index contributed by atoms with van der Waals surface area (Å²) in [6, 6.07) is 1.59. The van der Waals surface area contributed by atoms with Crippen LogP contribution in [0, 0.1) is 5.82 Å². The monoisotopic (exact) mass is 290 g/mol. The average molecular weight is 290 g/mol. The van der Waals surface area contributed by atoms with E-state index in [9.17, 15) is 4.39 Å². The van der Waals surface area contributed by atoms with E-state index in [1.165, 1.54) is 13.3 Å². The highest BCUT2D eigenvalue weighted by molar-refractivity contribution is 5.33. The van der Waals surface area contributed by atoms with Gasteiger partial charge in [0.2, 0.25) is 11.8 Å². The lowest BCUT2D eigenvalue weighted by Gasteiger charge is -2.16. The number of halogens is 1. The van der Waals surface area contributed by atoms with Gasteiger partial charge in [-0.3, -0.25) is 0 Å². The van der Waals surface area contributed by atoms with Crippen LogP contribution in [0.1, 0.15) is 16.8 Å². The summed E-state index contributed by atoms with van der Waals surface area (Å²) in [4.78, 5) is 12.4. The van der Waals surface area contributed by atoms with Gasteiger partial charge in [-0.15, -0.1) is 0 Å². The Bertz CT molecular complexity index is 651.